The lowest BCUT2D eigenvalue weighted by Crippen LogP contribution is -2.07. The number of carbonyl (C=O) groups is 1. The highest BCUT2D eigenvalue weighted by molar-refractivity contribution is 5.97. The average Bonchev–Trinajstić information content (AvgIpc) is 3.81. The standard InChI is InChI=1S/C42H51N5O2/c1-12-27-22(7)34-19-38-29(14-3)24(9)40(47-38)31(17-32-25(10)39(26(11)43-32)42(48)49-16-5)41-30(15-4)23(8)35(46-41)20-37-28(13-2)21(6)33(44-37)18-36(27)45-34/h18-20,43-45H,12-17H2,1-11H3. The van der Waals surface area contributed by atoms with Gasteiger partial charge in [0.15, 0.2) is 0 Å². The fourth-order valence-electron chi connectivity index (χ4n) is 8.07. The number of aromatic amines is 3. The largest absolute Gasteiger partial charge is 0.462 e. The normalized spacial score (nSPS) is 13.2. The van der Waals surface area contributed by atoms with Crippen LogP contribution in [0.1, 0.15) is 139 Å². The highest BCUT2D eigenvalue weighted by Crippen LogP contribution is 2.41. The van der Waals surface area contributed by atoms with Gasteiger partial charge >= 0.3 is 5.97 Å². The van der Waals surface area contributed by atoms with Gasteiger partial charge in [0.25, 0.3) is 0 Å². The SMILES string of the molecule is CCOC(=O)c1c(C)[nH]c(Cc2c3nc(cc4[nH]c(cc5[nH]c(cc6nc2C(CC)=C6C)c(CC)c5C)c(CC)c4C)C(CC)=C3C)c1C. The maximum absolute atomic E-state index is 13.0. The molecule has 4 aromatic heterocycles. The molecule has 0 unspecified atom stereocenters. The van der Waals surface area contributed by atoms with E-state index in [0.717, 1.165) is 93.0 Å². The Morgan fingerprint density at radius 3 is 1.78 bits per heavy atom. The third kappa shape index (κ3) is 5.67. The summed E-state index contributed by atoms with van der Waals surface area (Å²) in [4.78, 5) is 35.0. The number of aromatic nitrogens is 5. The number of ether oxygens (including phenoxy) is 1. The van der Waals surface area contributed by atoms with Gasteiger partial charge < -0.3 is 19.7 Å². The number of carbonyl (C=O) groups excluding carboxylic acids is 1. The molecule has 0 amide bonds. The molecule has 7 nitrogen and oxygen atoms in total. The van der Waals surface area contributed by atoms with Crippen molar-refractivity contribution in [2.24, 2.45) is 0 Å². The molecule has 0 spiro atoms. The molecule has 4 aromatic rings. The van der Waals surface area contributed by atoms with Gasteiger partial charge in [-0.05, 0) is 142 Å². The number of nitrogens with zero attached hydrogens (tertiary/aromatic N) is 2. The van der Waals surface area contributed by atoms with E-state index in [2.05, 4.69) is 88.5 Å². The monoisotopic (exact) mass is 657 g/mol. The second-order valence-electron chi connectivity index (χ2n) is 13.5. The Morgan fingerprint density at radius 2 is 1.18 bits per heavy atom. The van der Waals surface area contributed by atoms with E-state index in [4.69, 9.17) is 14.7 Å². The molecule has 3 N–H and O–H groups in total. The molecule has 6 heterocycles. The summed E-state index contributed by atoms with van der Waals surface area (Å²) in [5, 5.41) is 0. The van der Waals surface area contributed by atoms with Crippen LogP contribution in [0.2, 0.25) is 0 Å². The summed E-state index contributed by atoms with van der Waals surface area (Å²) in [5.74, 6) is -0.291. The highest BCUT2D eigenvalue weighted by atomic mass is 16.5. The number of H-pyrrole nitrogens is 3. The fourth-order valence-corrected chi connectivity index (χ4v) is 8.07. The molecule has 0 radical (unpaired) electrons. The van der Waals surface area contributed by atoms with Crippen molar-refractivity contribution in [2.45, 2.75) is 108 Å². The molecule has 2 aliphatic heterocycles. The van der Waals surface area contributed by atoms with E-state index in [1.807, 2.05) is 20.8 Å². The van der Waals surface area contributed by atoms with Crippen LogP contribution in [-0.4, -0.2) is 37.5 Å². The number of hydrogen-bond acceptors (Lipinski definition) is 4. The minimum Gasteiger partial charge on any atom is -0.462 e. The molecule has 0 fully saturated rings. The van der Waals surface area contributed by atoms with E-state index in [-0.39, 0.29) is 5.97 Å². The molecule has 0 aromatic carbocycles. The van der Waals surface area contributed by atoms with Crippen molar-refractivity contribution in [1.82, 2.24) is 24.9 Å². The Balaban J connectivity index is 1.79. The Bertz CT molecular complexity index is 2230. The lowest BCUT2D eigenvalue weighted by Gasteiger charge is -2.11. The van der Waals surface area contributed by atoms with Crippen molar-refractivity contribution < 1.29 is 9.53 Å². The van der Waals surface area contributed by atoms with Crippen molar-refractivity contribution in [2.75, 3.05) is 6.61 Å². The number of allylic oxidation sites excluding steroid dienone is 4. The number of hydrogen-bond donors (Lipinski definition) is 3. The van der Waals surface area contributed by atoms with Crippen molar-refractivity contribution in [3.05, 3.63) is 91.3 Å². The number of rotatable bonds is 8. The van der Waals surface area contributed by atoms with Gasteiger partial charge in [-0.3, -0.25) is 0 Å². The summed E-state index contributed by atoms with van der Waals surface area (Å²) in [6.45, 7) is 23.8. The third-order valence-corrected chi connectivity index (χ3v) is 10.8. The predicted octanol–water partition coefficient (Wildman–Crippen LogP) is 10.5. The lowest BCUT2D eigenvalue weighted by atomic mass is 9.93. The zero-order chi connectivity index (χ0) is 35.3. The summed E-state index contributed by atoms with van der Waals surface area (Å²) in [6, 6.07) is 6.76. The Labute approximate surface area is 290 Å². The van der Waals surface area contributed by atoms with Crippen LogP contribution in [-0.2, 0) is 24.0 Å². The molecule has 0 saturated heterocycles. The Hall–Kier alpha value is -4.65. The van der Waals surface area contributed by atoms with E-state index >= 15 is 0 Å². The summed E-state index contributed by atoms with van der Waals surface area (Å²) in [6.07, 6.45) is 4.11. The minimum absolute atomic E-state index is 0.291. The zero-order valence-corrected chi connectivity index (χ0v) is 31.2. The molecule has 7 heteroatoms. The molecular weight excluding hydrogens is 606 g/mol. The van der Waals surface area contributed by atoms with E-state index in [1.165, 1.54) is 44.5 Å². The Morgan fingerprint density at radius 1 is 0.612 bits per heavy atom. The minimum atomic E-state index is -0.291. The molecule has 49 heavy (non-hydrogen) atoms. The van der Waals surface area contributed by atoms with Gasteiger partial charge in [0.05, 0.1) is 34.9 Å². The molecule has 256 valence electrons. The van der Waals surface area contributed by atoms with Gasteiger partial charge in [0.2, 0.25) is 0 Å². The smallest absolute Gasteiger partial charge is 0.340 e. The van der Waals surface area contributed by atoms with Gasteiger partial charge in [-0.1, -0.05) is 27.7 Å². The maximum atomic E-state index is 13.0. The van der Waals surface area contributed by atoms with E-state index in [0.29, 0.717) is 18.6 Å². The van der Waals surface area contributed by atoms with Gasteiger partial charge in [-0.2, -0.15) is 0 Å². The van der Waals surface area contributed by atoms with Crippen LogP contribution in [0.4, 0.5) is 0 Å². The van der Waals surface area contributed by atoms with E-state index in [1.54, 1.807) is 0 Å². The molecular formula is C42H51N5O2. The molecule has 0 saturated carbocycles. The fraction of sp³-hybridized carbons (Fsp3) is 0.405. The van der Waals surface area contributed by atoms with Gasteiger partial charge in [-0.25, -0.2) is 14.8 Å². The Kier molecular flexibility index (Phi) is 9.31. The molecule has 0 atom stereocenters. The van der Waals surface area contributed by atoms with Crippen LogP contribution in [0, 0.1) is 27.7 Å². The molecule has 0 aliphatic carbocycles. The van der Waals surface area contributed by atoms with Crippen molar-refractivity contribution in [1.29, 1.82) is 0 Å². The van der Waals surface area contributed by atoms with Crippen LogP contribution in [0.15, 0.2) is 18.2 Å². The van der Waals surface area contributed by atoms with Crippen LogP contribution in [0.5, 0.6) is 0 Å². The van der Waals surface area contributed by atoms with Gasteiger partial charge in [0, 0.05) is 45.4 Å². The number of aryl methyl sites for hydroxylation is 5. The number of esters is 1. The van der Waals surface area contributed by atoms with Crippen molar-refractivity contribution in [3.8, 4) is 0 Å². The summed E-state index contributed by atoms with van der Waals surface area (Å²) >= 11 is 0. The van der Waals surface area contributed by atoms with Crippen LogP contribution < -0.4 is 0 Å². The second kappa shape index (κ2) is 13.3. The first-order valence-corrected chi connectivity index (χ1v) is 18.0. The third-order valence-electron chi connectivity index (χ3n) is 10.8. The summed E-state index contributed by atoms with van der Waals surface area (Å²) in [5.41, 5.74) is 22.8. The zero-order valence-electron chi connectivity index (χ0n) is 31.2. The van der Waals surface area contributed by atoms with E-state index < -0.39 is 0 Å². The topological polar surface area (TPSA) is 99.5 Å². The molecule has 6 rings (SSSR count). The maximum Gasteiger partial charge on any atom is 0.340 e. The van der Waals surface area contributed by atoms with Gasteiger partial charge in [0.1, 0.15) is 0 Å². The average molecular weight is 658 g/mol. The first-order valence-electron chi connectivity index (χ1n) is 18.0. The number of fused-ring (bicyclic) bond motifs is 8. The summed E-state index contributed by atoms with van der Waals surface area (Å²) in [7, 11) is 0. The molecule has 2 aliphatic rings. The van der Waals surface area contributed by atoms with Gasteiger partial charge in [-0.15, -0.1) is 0 Å². The van der Waals surface area contributed by atoms with Crippen molar-refractivity contribution in [3.63, 3.8) is 0 Å². The summed E-state index contributed by atoms with van der Waals surface area (Å²) < 4.78 is 5.44. The molecule has 8 bridgehead atoms. The second-order valence-corrected chi connectivity index (χ2v) is 13.5. The van der Waals surface area contributed by atoms with E-state index in [9.17, 15) is 4.79 Å². The van der Waals surface area contributed by atoms with Crippen LogP contribution in [0.25, 0.3) is 44.4 Å². The predicted molar refractivity (Wildman–Crippen MR) is 204 cm³/mol. The number of nitrogens with one attached hydrogen (secondary N) is 3. The van der Waals surface area contributed by atoms with Crippen LogP contribution in [0.3, 0.4) is 0 Å². The first kappa shape index (κ1) is 34.2. The van der Waals surface area contributed by atoms with Crippen LogP contribution >= 0.6 is 0 Å². The quantitative estimate of drug-likeness (QED) is 0.164. The highest BCUT2D eigenvalue weighted by Gasteiger charge is 2.28. The first-order chi connectivity index (χ1) is 23.5. The van der Waals surface area contributed by atoms with Crippen molar-refractivity contribution >= 4 is 50.3 Å². The lowest BCUT2D eigenvalue weighted by molar-refractivity contribution is 0.0525.